The maximum absolute atomic E-state index is 13.0. The average molecular weight is 263 g/mol. The van der Waals surface area contributed by atoms with Crippen LogP contribution >= 0.6 is 11.6 Å². The highest BCUT2D eigenvalue weighted by atomic mass is 35.5. The zero-order chi connectivity index (χ0) is 13.1. The number of benzene rings is 2. The van der Waals surface area contributed by atoms with Crippen molar-refractivity contribution >= 4 is 17.3 Å². The Labute approximate surface area is 108 Å². The molecule has 2 rings (SSSR count). The van der Waals surface area contributed by atoms with E-state index in [0.717, 1.165) is 6.07 Å². The molecule has 0 aromatic heterocycles. The van der Waals surface area contributed by atoms with Crippen LogP contribution in [-0.4, -0.2) is 0 Å². The number of hydrogen-bond donors (Lipinski definition) is 1. The highest BCUT2D eigenvalue weighted by Gasteiger charge is 2.09. The molecular formula is C13H8ClFN2O. The van der Waals surface area contributed by atoms with Crippen molar-refractivity contribution in [2.45, 2.75) is 0 Å². The van der Waals surface area contributed by atoms with Crippen molar-refractivity contribution in [2.24, 2.45) is 0 Å². The molecule has 0 saturated carbocycles. The lowest BCUT2D eigenvalue weighted by Crippen LogP contribution is -1.92. The molecule has 0 aliphatic rings. The monoisotopic (exact) mass is 262 g/mol. The van der Waals surface area contributed by atoms with Crippen LogP contribution < -0.4 is 10.5 Å². The minimum absolute atomic E-state index is 0.0912. The topological polar surface area (TPSA) is 59.0 Å². The van der Waals surface area contributed by atoms with Crippen LogP contribution in [0, 0.1) is 17.1 Å². The molecule has 0 heterocycles. The maximum Gasteiger partial charge on any atom is 0.148 e. The van der Waals surface area contributed by atoms with E-state index >= 15 is 0 Å². The largest absolute Gasteiger partial charge is 0.454 e. The minimum atomic E-state index is -0.502. The zero-order valence-electron chi connectivity index (χ0n) is 9.15. The normalized spacial score (nSPS) is 9.83. The summed E-state index contributed by atoms with van der Waals surface area (Å²) in [4.78, 5) is 0. The van der Waals surface area contributed by atoms with Crippen LogP contribution in [0.4, 0.5) is 10.1 Å². The van der Waals surface area contributed by atoms with Crippen LogP contribution in [0.3, 0.4) is 0 Å². The van der Waals surface area contributed by atoms with Crippen molar-refractivity contribution in [1.82, 2.24) is 0 Å². The summed E-state index contributed by atoms with van der Waals surface area (Å²) in [5, 5.41) is 9.25. The molecule has 5 heteroatoms. The molecule has 0 atom stereocenters. The number of nitrogens with two attached hydrogens (primary N) is 1. The van der Waals surface area contributed by atoms with Gasteiger partial charge in [-0.1, -0.05) is 11.6 Å². The fraction of sp³-hybridized carbons (Fsp3) is 0. The third-order valence-electron chi connectivity index (χ3n) is 2.24. The van der Waals surface area contributed by atoms with Gasteiger partial charge in [0, 0.05) is 11.8 Å². The second-order valence-electron chi connectivity index (χ2n) is 3.54. The van der Waals surface area contributed by atoms with Gasteiger partial charge in [0.2, 0.25) is 0 Å². The van der Waals surface area contributed by atoms with Gasteiger partial charge in [-0.3, -0.25) is 0 Å². The van der Waals surface area contributed by atoms with Crippen molar-refractivity contribution in [3.05, 3.63) is 52.8 Å². The fourth-order valence-corrected chi connectivity index (χ4v) is 1.55. The van der Waals surface area contributed by atoms with Crippen molar-refractivity contribution in [3.63, 3.8) is 0 Å². The second-order valence-corrected chi connectivity index (χ2v) is 3.95. The highest BCUT2D eigenvalue weighted by molar-refractivity contribution is 6.32. The van der Waals surface area contributed by atoms with E-state index in [1.165, 1.54) is 18.2 Å². The van der Waals surface area contributed by atoms with E-state index in [2.05, 4.69) is 0 Å². The summed E-state index contributed by atoms with van der Waals surface area (Å²) in [6.45, 7) is 0. The van der Waals surface area contributed by atoms with Gasteiger partial charge in [0.25, 0.3) is 0 Å². The molecule has 0 radical (unpaired) electrons. The first kappa shape index (κ1) is 12.2. The Morgan fingerprint density at radius 1 is 1.17 bits per heavy atom. The van der Waals surface area contributed by atoms with E-state index in [9.17, 15) is 4.39 Å². The van der Waals surface area contributed by atoms with Gasteiger partial charge in [-0.25, -0.2) is 4.39 Å². The Morgan fingerprint density at radius 2 is 1.94 bits per heavy atom. The lowest BCUT2D eigenvalue weighted by molar-refractivity contribution is 0.479. The molecule has 0 aliphatic carbocycles. The highest BCUT2D eigenvalue weighted by Crippen LogP contribution is 2.32. The Bertz CT molecular complexity index is 637. The first-order chi connectivity index (χ1) is 8.60. The SMILES string of the molecule is N#Cc1cc(F)ccc1Oc1cc(N)ccc1Cl. The first-order valence-corrected chi connectivity index (χ1v) is 5.40. The van der Waals surface area contributed by atoms with E-state index in [1.54, 1.807) is 12.1 Å². The summed E-state index contributed by atoms with van der Waals surface area (Å²) in [6, 6.07) is 10.3. The minimum Gasteiger partial charge on any atom is -0.454 e. The van der Waals surface area contributed by atoms with Crippen LogP contribution in [0.1, 0.15) is 5.56 Å². The Morgan fingerprint density at radius 3 is 2.67 bits per heavy atom. The van der Waals surface area contributed by atoms with Crippen LogP contribution in [-0.2, 0) is 0 Å². The molecule has 0 saturated heterocycles. The Balaban J connectivity index is 2.40. The van der Waals surface area contributed by atoms with Crippen LogP contribution in [0.15, 0.2) is 36.4 Å². The summed E-state index contributed by atoms with van der Waals surface area (Å²) in [5.41, 5.74) is 6.18. The van der Waals surface area contributed by atoms with Crippen molar-refractivity contribution in [1.29, 1.82) is 5.26 Å². The fourth-order valence-electron chi connectivity index (χ4n) is 1.40. The lowest BCUT2D eigenvalue weighted by Gasteiger charge is -2.09. The zero-order valence-corrected chi connectivity index (χ0v) is 9.91. The smallest absolute Gasteiger partial charge is 0.148 e. The quantitative estimate of drug-likeness (QED) is 0.839. The summed E-state index contributed by atoms with van der Waals surface area (Å²) in [7, 11) is 0. The first-order valence-electron chi connectivity index (χ1n) is 5.02. The number of ether oxygens (including phenoxy) is 1. The van der Waals surface area contributed by atoms with Gasteiger partial charge >= 0.3 is 0 Å². The summed E-state index contributed by atoms with van der Waals surface area (Å²) < 4.78 is 18.4. The standard InChI is InChI=1S/C13H8ClFN2O/c14-11-3-2-10(17)6-13(11)18-12-4-1-9(15)5-8(12)7-16/h1-6H,17H2. The molecule has 2 N–H and O–H groups in total. The molecule has 2 aromatic rings. The van der Waals surface area contributed by atoms with Gasteiger partial charge in [0.1, 0.15) is 23.4 Å². The molecule has 0 unspecified atom stereocenters. The molecule has 0 amide bonds. The Kier molecular flexibility index (Phi) is 3.35. The van der Waals surface area contributed by atoms with E-state index in [4.69, 9.17) is 27.3 Å². The number of anilines is 1. The predicted molar refractivity (Wildman–Crippen MR) is 67.1 cm³/mol. The lowest BCUT2D eigenvalue weighted by atomic mass is 10.2. The maximum atomic E-state index is 13.0. The predicted octanol–water partition coefficient (Wildman–Crippen LogP) is 3.73. The average Bonchev–Trinajstić information content (AvgIpc) is 2.36. The third kappa shape index (κ3) is 2.53. The number of nitrogens with zero attached hydrogens (tertiary/aromatic N) is 1. The van der Waals surface area contributed by atoms with Gasteiger partial charge in [0.15, 0.2) is 0 Å². The molecule has 18 heavy (non-hydrogen) atoms. The molecule has 0 bridgehead atoms. The van der Waals surface area contributed by atoms with E-state index in [-0.39, 0.29) is 11.3 Å². The van der Waals surface area contributed by atoms with Crippen LogP contribution in [0.2, 0.25) is 5.02 Å². The number of rotatable bonds is 2. The molecule has 0 aliphatic heterocycles. The number of nitriles is 1. The van der Waals surface area contributed by atoms with Crippen molar-refractivity contribution in [2.75, 3.05) is 5.73 Å². The molecule has 0 fully saturated rings. The molecule has 3 nitrogen and oxygen atoms in total. The van der Waals surface area contributed by atoms with Gasteiger partial charge in [-0.2, -0.15) is 5.26 Å². The summed E-state index contributed by atoms with van der Waals surface area (Å²) in [6.07, 6.45) is 0. The van der Waals surface area contributed by atoms with Crippen molar-refractivity contribution < 1.29 is 9.13 Å². The van der Waals surface area contributed by atoms with Crippen LogP contribution in [0.5, 0.6) is 11.5 Å². The molecule has 90 valence electrons. The van der Waals surface area contributed by atoms with Crippen molar-refractivity contribution in [3.8, 4) is 17.6 Å². The number of hydrogen-bond acceptors (Lipinski definition) is 3. The second kappa shape index (κ2) is 4.94. The summed E-state index contributed by atoms with van der Waals surface area (Å²) >= 11 is 5.94. The van der Waals surface area contributed by atoms with Gasteiger partial charge < -0.3 is 10.5 Å². The molecule has 0 spiro atoms. The van der Waals surface area contributed by atoms with Crippen LogP contribution in [0.25, 0.3) is 0 Å². The number of nitrogen functional groups attached to an aromatic ring is 1. The molecular weight excluding hydrogens is 255 g/mol. The van der Waals surface area contributed by atoms with Gasteiger partial charge in [-0.05, 0) is 30.3 Å². The van der Waals surface area contributed by atoms with Gasteiger partial charge in [0.05, 0.1) is 10.6 Å². The Hall–Kier alpha value is -2.25. The van der Waals surface area contributed by atoms with E-state index in [0.29, 0.717) is 16.5 Å². The molecule has 2 aromatic carbocycles. The van der Waals surface area contributed by atoms with E-state index in [1.807, 2.05) is 6.07 Å². The van der Waals surface area contributed by atoms with E-state index < -0.39 is 5.82 Å². The third-order valence-corrected chi connectivity index (χ3v) is 2.55. The summed E-state index contributed by atoms with van der Waals surface area (Å²) in [5.74, 6) is 0.0451. The number of halogens is 2. The van der Waals surface area contributed by atoms with Gasteiger partial charge in [-0.15, -0.1) is 0 Å².